The Kier molecular flexibility index (Phi) is 4.71. The van der Waals surface area contributed by atoms with E-state index < -0.39 is 0 Å². The van der Waals surface area contributed by atoms with Crippen LogP contribution < -0.4 is 10.6 Å². The molecule has 19 heavy (non-hydrogen) atoms. The maximum absolute atomic E-state index is 12.1. The molecule has 3 nitrogen and oxygen atoms in total. The number of carbonyl (C=O) groups excluding carboxylic acids is 1. The van der Waals surface area contributed by atoms with E-state index in [1.807, 2.05) is 0 Å². The molecule has 2 rings (SSSR count). The number of amides is 1. The van der Waals surface area contributed by atoms with E-state index in [1.165, 1.54) is 0 Å². The number of rotatable bonds is 3. The third kappa shape index (κ3) is 3.85. The first-order valence-electron chi connectivity index (χ1n) is 6.44. The first kappa shape index (κ1) is 14.6. The number of benzene rings is 1. The fourth-order valence-electron chi connectivity index (χ4n) is 2.24. The Labute approximate surface area is 123 Å². The lowest BCUT2D eigenvalue weighted by atomic mass is 9.81. The van der Waals surface area contributed by atoms with Crippen molar-refractivity contribution >= 4 is 29.1 Å². The zero-order chi connectivity index (χ0) is 13.9. The molecule has 1 saturated heterocycles. The predicted octanol–water partition coefficient (Wildman–Crippen LogP) is 3.11. The van der Waals surface area contributed by atoms with Gasteiger partial charge in [-0.2, -0.15) is 0 Å². The average molecular weight is 301 g/mol. The number of piperidine rings is 1. The highest BCUT2D eigenvalue weighted by Crippen LogP contribution is 2.27. The van der Waals surface area contributed by atoms with Gasteiger partial charge in [0.15, 0.2) is 0 Å². The minimum Gasteiger partial charge on any atom is -0.351 e. The zero-order valence-electron chi connectivity index (χ0n) is 10.9. The number of hydrogen-bond acceptors (Lipinski definition) is 2. The summed E-state index contributed by atoms with van der Waals surface area (Å²) in [6.45, 7) is 4.93. The molecule has 1 aromatic rings. The Morgan fingerprint density at radius 1 is 1.32 bits per heavy atom. The van der Waals surface area contributed by atoms with Crippen LogP contribution in [0.5, 0.6) is 0 Å². The van der Waals surface area contributed by atoms with Gasteiger partial charge in [-0.25, -0.2) is 0 Å². The number of nitrogens with one attached hydrogen (secondary N) is 2. The topological polar surface area (TPSA) is 41.1 Å². The van der Waals surface area contributed by atoms with Crippen molar-refractivity contribution in [3.8, 4) is 0 Å². The highest BCUT2D eigenvalue weighted by Gasteiger charge is 2.27. The lowest BCUT2D eigenvalue weighted by Crippen LogP contribution is -2.42. The van der Waals surface area contributed by atoms with E-state index in [0.717, 1.165) is 25.9 Å². The third-order valence-corrected chi connectivity index (χ3v) is 4.41. The molecule has 1 aliphatic rings. The molecule has 1 fully saturated rings. The van der Waals surface area contributed by atoms with Crippen LogP contribution in [0.25, 0.3) is 0 Å². The van der Waals surface area contributed by atoms with Crippen molar-refractivity contribution in [1.82, 2.24) is 10.6 Å². The lowest BCUT2D eigenvalue weighted by molar-refractivity contribution is 0.0922. The summed E-state index contributed by atoms with van der Waals surface area (Å²) in [5, 5.41) is 7.18. The van der Waals surface area contributed by atoms with Gasteiger partial charge < -0.3 is 10.6 Å². The molecule has 2 N–H and O–H groups in total. The second-order valence-electron chi connectivity index (χ2n) is 5.37. The van der Waals surface area contributed by atoms with E-state index in [-0.39, 0.29) is 11.3 Å². The van der Waals surface area contributed by atoms with E-state index in [1.54, 1.807) is 18.2 Å². The van der Waals surface area contributed by atoms with Crippen LogP contribution in [-0.4, -0.2) is 25.5 Å². The number of halogens is 2. The van der Waals surface area contributed by atoms with Gasteiger partial charge >= 0.3 is 0 Å². The molecular formula is C14H18Cl2N2O. The largest absolute Gasteiger partial charge is 0.351 e. The Bertz CT molecular complexity index is 471. The molecule has 5 heteroatoms. The molecule has 0 aromatic heterocycles. The van der Waals surface area contributed by atoms with Crippen LogP contribution in [-0.2, 0) is 0 Å². The van der Waals surface area contributed by atoms with Crippen LogP contribution >= 0.6 is 23.2 Å². The number of hydrogen-bond donors (Lipinski definition) is 2. The maximum Gasteiger partial charge on any atom is 0.251 e. The van der Waals surface area contributed by atoms with E-state index in [0.29, 0.717) is 22.2 Å². The summed E-state index contributed by atoms with van der Waals surface area (Å²) in [5.74, 6) is -0.0988. The van der Waals surface area contributed by atoms with Gasteiger partial charge in [-0.3, -0.25) is 4.79 Å². The first-order valence-corrected chi connectivity index (χ1v) is 7.20. The van der Waals surface area contributed by atoms with Gasteiger partial charge in [0, 0.05) is 12.1 Å². The third-order valence-electron chi connectivity index (χ3n) is 3.67. The van der Waals surface area contributed by atoms with Crippen LogP contribution in [0.15, 0.2) is 18.2 Å². The summed E-state index contributed by atoms with van der Waals surface area (Å²) in [5.41, 5.74) is 0.726. The molecule has 0 bridgehead atoms. The van der Waals surface area contributed by atoms with E-state index >= 15 is 0 Å². The van der Waals surface area contributed by atoms with Crippen molar-refractivity contribution in [3.63, 3.8) is 0 Å². The molecule has 1 heterocycles. The van der Waals surface area contributed by atoms with Crippen LogP contribution in [0.3, 0.4) is 0 Å². The molecule has 0 spiro atoms. The summed E-state index contributed by atoms with van der Waals surface area (Å²) in [6, 6.07) is 4.93. The second kappa shape index (κ2) is 6.12. The molecule has 0 atom stereocenters. The van der Waals surface area contributed by atoms with Crippen molar-refractivity contribution in [2.45, 2.75) is 19.8 Å². The van der Waals surface area contributed by atoms with Gasteiger partial charge in [0.1, 0.15) is 0 Å². The molecule has 1 aliphatic heterocycles. The Balaban J connectivity index is 1.95. The monoisotopic (exact) mass is 300 g/mol. The van der Waals surface area contributed by atoms with Gasteiger partial charge in [-0.15, -0.1) is 0 Å². The number of carbonyl (C=O) groups is 1. The smallest absolute Gasteiger partial charge is 0.251 e. The molecule has 1 aromatic carbocycles. The van der Waals surface area contributed by atoms with Crippen molar-refractivity contribution in [2.75, 3.05) is 19.6 Å². The average Bonchev–Trinajstić information content (AvgIpc) is 2.40. The van der Waals surface area contributed by atoms with Crippen molar-refractivity contribution in [3.05, 3.63) is 33.8 Å². The minimum atomic E-state index is -0.0988. The van der Waals surface area contributed by atoms with Gasteiger partial charge in [0.25, 0.3) is 5.91 Å². The molecule has 1 amide bonds. The minimum absolute atomic E-state index is 0.0988. The van der Waals surface area contributed by atoms with Crippen molar-refractivity contribution in [2.24, 2.45) is 5.41 Å². The van der Waals surface area contributed by atoms with Gasteiger partial charge in [0.05, 0.1) is 10.0 Å². The van der Waals surface area contributed by atoms with Crippen LogP contribution in [0.1, 0.15) is 30.1 Å². The summed E-state index contributed by atoms with van der Waals surface area (Å²) in [4.78, 5) is 12.1. The highest BCUT2D eigenvalue weighted by molar-refractivity contribution is 6.42. The predicted molar refractivity (Wildman–Crippen MR) is 79.0 cm³/mol. The van der Waals surface area contributed by atoms with E-state index in [2.05, 4.69) is 17.6 Å². The second-order valence-corrected chi connectivity index (χ2v) is 6.19. The molecular weight excluding hydrogens is 283 g/mol. The van der Waals surface area contributed by atoms with Crippen LogP contribution in [0.4, 0.5) is 0 Å². The Morgan fingerprint density at radius 2 is 2.00 bits per heavy atom. The Morgan fingerprint density at radius 3 is 2.63 bits per heavy atom. The molecule has 104 valence electrons. The maximum atomic E-state index is 12.1. The summed E-state index contributed by atoms with van der Waals surface area (Å²) in [6.07, 6.45) is 2.16. The molecule has 0 aliphatic carbocycles. The SMILES string of the molecule is CC1(CNC(=O)c2ccc(Cl)c(Cl)c2)CCNCC1. The highest BCUT2D eigenvalue weighted by atomic mass is 35.5. The molecule has 0 unspecified atom stereocenters. The summed E-state index contributed by atoms with van der Waals surface area (Å²) >= 11 is 11.7. The van der Waals surface area contributed by atoms with Gasteiger partial charge in [-0.1, -0.05) is 30.1 Å². The van der Waals surface area contributed by atoms with Gasteiger partial charge in [0.2, 0.25) is 0 Å². The van der Waals surface area contributed by atoms with E-state index in [9.17, 15) is 4.79 Å². The molecule has 0 saturated carbocycles. The normalized spacial score (nSPS) is 18.1. The fourth-order valence-corrected chi connectivity index (χ4v) is 2.54. The summed E-state index contributed by atoms with van der Waals surface area (Å²) in [7, 11) is 0. The quantitative estimate of drug-likeness (QED) is 0.900. The molecule has 0 radical (unpaired) electrons. The standard InChI is InChI=1S/C14H18Cl2N2O/c1-14(4-6-17-7-5-14)9-18-13(19)10-2-3-11(15)12(16)8-10/h2-3,8,17H,4-7,9H2,1H3,(H,18,19). The van der Waals surface area contributed by atoms with Crippen molar-refractivity contribution < 1.29 is 4.79 Å². The van der Waals surface area contributed by atoms with Crippen LogP contribution in [0.2, 0.25) is 10.0 Å². The van der Waals surface area contributed by atoms with E-state index in [4.69, 9.17) is 23.2 Å². The van der Waals surface area contributed by atoms with Crippen LogP contribution in [0, 0.1) is 5.41 Å². The van der Waals surface area contributed by atoms with Gasteiger partial charge in [-0.05, 0) is 49.5 Å². The fraction of sp³-hybridized carbons (Fsp3) is 0.500. The summed E-state index contributed by atoms with van der Waals surface area (Å²) < 4.78 is 0. The first-order chi connectivity index (χ1) is 9.00. The zero-order valence-corrected chi connectivity index (χ0v) is 12.4. The van der Waals surface area contributed by atoms with Crippen molar-refractivity contribution in [1.29, 1.82) is 0 Å². The Hall–Kier alpha value is -0.770. The lowest BCUT2D eigenvalue weighted by Gasteiger charge is -2.34.